The Bertz CT molecular complexity index is 606. The molecular weight excluding hydrogens is 284 g/mol. The predicted octanol–water partition coefficient (Wildman–Crippen LogP) is 2.49. The largest absolute Gasteiger partial charge is 0.329 e. The number of nitrogens with one attached hydrogen (secondary N) is 1. The molecule has 2 rings (SSSR count). The van der Waals surface area contributed by atoms with Crippen molar-refractivity contribution in [1.29, 1.82) is 0 Å². The topological polar surface area (TPSA) is 72.9 Å². The lowest BCUT2D eigenvalue weighted by Crippen LogP contribution is -2.34. The molecule has 21 heavy (non-hydrogen) atoms. The van der Waals surface area contributed by atoms with Crippen LogP contribution in [-0.4, -0.2) is 21.5 Å². The minimum Gasteiger partial charge on any atom is -0.329 e. The van der Waals surface area contributed by atoms with Crippen molar-refractivity contribution in [2.75, 3.05) is 5.32 Å². The Balaban J connectivity index is 1.99. The van der Waals surface area contributed by atoms with Crippen molar-refractivity contribution in [3.8, 4) is 0 Å². The smallest absolute Gasteiger partial charge is 0.228 e. The lowest BCUT2D eigenvalue weighted by Gasteiger charge is -2.15. The molecule has 0 radical (unpaired) electrons. The van der Waals surface area contributed by atoms with Crippen LogP contribution in [0.15, 0.2) is 46.7 Å². The van der Waals surface area contributed by atoms with Gasteiger partial charge in [0.15, 0.2) is 5.16 Å². The van der Waals surface area contributed by atoms with E-state index in [-0.39, 0.29) is 17.9 Å². The van der Waals surface area contributed by atoms with Crippen LogP contribution < -0.4 is 11.1 Å². The predicted molar refractivity (Wildman–Crippen MR) is 85.2 cm³/mol. The number of nitrogens with zero attached hydrogens (tertiary/aromatic N) is 2. The van der Waals surface area contributed by atoms with Crippen LogP contribution in [0.3, 0.4) is 0 Å². The van der Waals surface area contributed by atoms with Crippen molar-refractivity contribution in [1.82, 2.24) is 9.55 Å². The molecule has 0 fully saturated rings. The molecular formula is C15H20N4OS. The van der Waals surface area contributed by atoms with E-state index in [9.17, 15) is 4.79 Å². The van der Waals surface area contributed by atoms with Gasteiger partial charge in [-0.15, -0.1) is 0 Å². The lowest BCUT2D eigenvalue weighted by molar-refractivity contribution is -0.119. The number of aryl methyl sites for hydroxylation is 1. The molecule has 5 nitrogen and oxygen atoms in total. The number of carbonyl (C=O) groups excluding carboxylic acids is 1. The van der Waals surface area contributed by atoms with E-state index in [0.717, 1.165) is 15.7 Å². The third kappa shape index (κ3) is 4.09. The van der Waals surface area contributed by atoms with E-state index in [1.807, 2.05) is 55.9 Å². The third-order valence-corrected chi connectivity index (χ3v) is 4.39. The van der Waals surface area contributed by atoms with Crippen molar-refractivity contribution in [3.05, 3.63) is 36.7 Å². The van der Waals surface area contributed by atoms with Crippen LogP contribution in [0, 0.1) is 5.92 Å². The maximum atomic E-state index is 11.9. The number of hydrogen-bond acceptors (Lipinski definition) is 4. The van der Waals surface area contributed by atoms with E-state index < -0.39 is 0 Å². The van der Waals surface area contributed by atoms with E-state index >= 15 is 0 Å². The van der Waals surface area contributed by atoms with E-state index in [1.54, 1.807) is 18.0 Å². The average Bonchev–Trinajstić information content (AvgIpc) is 2.85. The quantitative estimate of drug-likeness (QED) is 0.890. The highest BCUT2D eigenvalue weighted by Gasteiger charge is 2.16. The zero-order chi connectivity index (χ0) is 15.4. The number of hydrogen-bond donors (Lipinski definition) is 2. The van der Waals surface area contributed by atoms with Gasteiger partial charge in [-0.2, -0.15) is 0 Å². The summed E-state index contributed by atoms with van der Waals surface area (Å²) < 4.78 is 1.96. The summed E-state index contributed by atoms with van der Waals surface area (Å²) in [6.45, 7) is 3.65. The molecule has 2 unspecified atom stereocenters. The Morgan fingerprint density at radius 3 is 2.52 bits per heavy atom. The van der Waals surface area contributed by atoms with Crippen LogP contribution in [0.5, 0.6) is 0 Å². The number of carbonyl (C=O) groups is 1. The molecule has 2 aromatic rings. The Labute approximate surface area is 128 Å². The number of aromatic nitrogens is 2. The molecule has 0 aliphatic carbocycles. The van der Waals surface area contributed by atoms with Crippen molar-refractivity contribution in [2.45, 2.75) is 29.9 Å². The lowest BCUT2D eigenvalue weighted by atomic mass is 10.0. The van der Waals surface area contributed by atoms with Gasteiger partial charge in [0.2, 0.25) is 5.91 Å². The molecule has 0 spiro atoms. The maximum Gasteiger partial charge on any atom is 0.228 e. The second-order valence-corrected chi connectivity index (χ2v) is 6.12. The van der Waals surface area contributed by atoms with Crippen LogP contribution in [0.25, 0.3) is 0 Å². The fourth-order valence-electron chi connectivity index (χ4n) is 1.66. The van der Waals surface area contributed by atoms with Gasteiger partial charge in [0.05, 0.1) is 5.92 Å². The molecule has 1 heterocycles. The van der Waals surface area contributed by atoms with Gasteiger partial charge in [-0.3, -0.25) is 4.79 Å². The van der Waals surface area contributed by atoms with Crippen LogP contribution >= 0.6 is 11.8 Å². The summed E-state index contributed by atoms with van der Waals surface area (Å²) in [6, 6.07) is 7.54. The fraction of sp³-hybridized carbons (Fsp3) is 0.333. The van der Waals surface area contributed by atoms with E-state index in [1.165, 1.54) is 0 Å². The highest BCUT2D eigenvalue weighted by Crippen LogP contribution is 2.26. The van der Waals surface area contributed by atoms with Gasteiger partial charge >= 0.3 is 0 Å². The van der Waals surface area contributed by atoms with Crippen molar-refractivity contribution in [3.63, 3.8) is 0 Å². The molecule has 3 N–H and O–H groups in total. The first-order valence-electron chi connectivity index (χ1n) is 6.79. The van der Waals surface area contributed by atoms with Gasteiger partial charge < -0.3 is 15.6 Å². The summed E-state index contributed by atoms with van der Waals surface area (Å²) in [5.74, 6) is -0.277. The number of benzene rings is 1. The van der Waals surface area contributed by atoms with Gasteiger partial charge in [0.1, 0.15) is 0 Å². The fourth-order valence-corrected chi connectivity index (χ4v) is 2.46. The van der Waals surface area contributed by atoms with Gasteiger partial charge in [-0.1, -0.05) is 18.7 Å². The molecule has 0 aliphatic heterocycles. The molecule has 1 aromatic heterocycles. The van der Waals surface area contributed by atoms with Crippen molar-refractivity contribution in [2.24, 2.45) is 18.7 Å². The number of anilines is 1. The van der Waals surface area contributed by atoms with Crippen molar-refractivity contribution < 1.29 is 4.79 Å². The number of rotatable bonds is 5. The van der Waals surface area contributed by atoms with Crippen LogP contribution in [-0.2, 0) is 11.8 Å². The molecule has 6 heteroatoms. The standard InChI is InChI=1S/C15H20N4OS/c1-10(11(2)16)14(20)18-12-4-6-13(7-5-12)21-15-17-8-9-19(15)3/h4-11H,16H2,1-3H3,(H,18,20). The normalized spacial score (nSPS) is 13.7. The molecule has 0 aliphatic rings. The Morgan fingerprint density at radius 2 is 2.00 bits per heavy atom. The summed E-state index contributed by atoms with van der Waals surface area (Å²) in [5.41, 5.74) is 6.51. The molecule has 0 saturated carbocycles. The Kier molecular flexibility index (Phi) is 5.03. The average molecular weight is 304 g/mol. The highest BCUT2D eigenvalue weighted by atomic mass is 32.2. The summed E-state index contributed by atoms with van der Waals surface area (Å²) in [7, 11) is 1.96. The van der Waals surface area contributed by atoms with E-state index in [2.05, 4.69) is 10.3 Å². The molecule has 112 valence electrons. The zero-order valence-electron chi connectivity index (χ0n) is 12.4. The SMILES string of the molecule is CC(N)C(C)C(=O)Nc1ccc(Sc2nccn2C)cc1. The first-order chi connectivity index (χ1) is 9.97. The highest BCUT2D eigenvalue weighted by molar-refractivity contribution is 7.99. The van der Waals surface area contributed by atoms with Gasteiger partial charge in [-0.25, -0.2) is 4.98 Å². The second-order valence-electron chi connectivity index (χ2n) is 5.08. The molecule has 1 amide bonds. The summed E-state index contributed by atoms with van der Waals surface area (Å²) in [4.78, 5) is 17.3. The zero-order valence-corrected chi connectivity index (χ0v) is 13.2. The number of imidazole rings is 1. The van der Waals surface area contributed by atoms with Gasteiger partial charge in [0.25, 0.3) is 0 Å². The summed E-state index contributed by atoms with van der Waals surface area (Å²) in [5, 5.41) is 3.80. The number of nitrogens with two attached hydrogens (primary N) is 1. The first-order valence-corrected chi connectivity index (χ1v) is 7.60. The van der Waals surface area contributed by atoms with Crippen LogP contribution in [0.2, 0.25) is 0 Å². The first kappa shape index (κ1) is 15.6. The van der Waals surface area contributed by atoms with E-state index in [0.29, 0.717) is 0 Å². The third-order valence-electron chi connectivity index (χ3n) is 3.31. The van der Waals surface area contributed by atoms with Gasteiger partial charge in [0, 0.05) is 36.1 Å². The van der Waals surface area contributed by atoms with Crippen molar-refractivity contribution >= 4 is 23.4 Å². The maximum absolute atomic E-state index is 11.9. The summed E-state index contributed by atoms with van der Waals surface area (Å²) >= 11 is 1.58. The Morgan fingerprint density at radius 1 is 1.33 bits per heavy atom. The molecule has 1 aromatic carbocycles. The molecule has 0 saturated heterocycles. The van der Waals surface area contributed by atoms with Gasteiger partial charge in [-0.05, 0) is 31.2 Å². The minimum atomic E-state index is -0.216. The Hall–Kier alpha value is -1.79. The monoisotopic (exact) mass is 304 g/mol. The second kappa shape index (κ2) is 6.78. The molecule has 2 atom stereocenters. The minimum absolute atomic E-state index is 0.0606. The molecule has 0 bridgehead atoms. The number of amides is 1. The summed E-state index contributed by atoms with van der Waals surface area (Å²) in [6.07, 6.45) is 3.68. The van der Waals surface area contributed by atoms with Crippen LogP contribution in [0.4, 0.5) is 5.69 Å². The van der Waals surface area contributed by atoms with E-state index in [4.69, 9.17) is 5.73 Å². The van der Waals surface area contributed by atoms with Crippen LogP contribution in [0.1, 0.15) is 13.8 Å².